The lowest BCUT2D eigenvalue weighted by Gasteiger charge is -2.18. The van der Waals surface area contributed by atoms with E-state index in [2.05, 4.69) is 63.8 Å². The smallest absolute Gasteiger partial charge is 0.230 e. The number of benzene rings is 1. The van der Waals surface area contributed by atoms with Crippen LogP contribution >= 0.6 is 24.3 Å². The number of aromatic nitrogens is 1. The highest BCUT2D eigenvalue weighted by molar-refractivity contribution is 7.97. The maximum Gasteiger partial charge on any atom is 0.230 e. The van der Waals surface area contributed by atoms with Gasteiger partial charge in [-0.25, -0.2) is 9.98 Å². The Morgan fingerprint density at radius 3 is 2.94 bits per heavy atom. The highest BCUT2D eigenvalue weighted by Crippen LogP contribution is 2.37. The SMILES string of the molecule is COC(=C\NSc1cccnc1C#Cc1cc2c(cc1C)COC2(C)C)/N=C(C)\C=N/SF. The number of hydrogen-bond donors (Lipinski definition) is 1. The first kappa shape index (κ1) is 24.8. The number of nitrogens with one attached hydrogen (secondary N) is 1. The zero-order chi connectivity index (χ0) is 23.8. The van der Waals surface area contributed by atoms with Gasteiger partial charge in [-0.2, -0.15) is 4.40 Å². The van der Waals surface area contributed by atoms with E-state index in [0.717, 1.165) is 16.0 Å². The summed E-state index contributed by atoms with van der Waals surface area (Å²) >= 11 is 1.21. The number of fused-ring (bicyclic) bond motifs is 1. The highest BCUT2D eigenvalue weighted by Gasteiger charge is 2.31. The molecule has 0 amide bonds. The van der Waals surface area contributed by atoms with Gasteiger partial charge in [0.1, 0.15) is 5.69 Å². The lowest BCUT2D eigenvalue weighted by atomic mass is 9.92. The Labute approximate surface area is 202 Å². The summed E-state index contributed by atoms with van der Waals surface area (Å²) in [5.74, 6) is 6.80. The number of aliphatic imine (C=N–C) groups is 1. The summed E-state index contributed by atoms with van der Waals surface area (Å²) in [6, 6.07) is 8.06. The molecule has 0 aliphatic carbocycles. The molecular weight excluding hydrogens is 459 g/mol. The van der Waals surface area contributed by atoms with Crippen LogP contribution in [0.25, 0.3) is 0 Å². The van der Waals surface area contributed by atoms with Crippen LogP contribution in [0.1, 0.15) is 48.7 Å². The van der Waals surface area contributed by atoms with Gasteiger partial charge in [-0.05, 0) is 80.5 Å². The van der Waals surface area contributed by atoms with Gasteiger partial charge in [0.25, 0.3) is 0 Å². The summed E-state index contributed by atoms with van der Waals surface area (Å²) < 4.78 is 29.7. The minimum Gasteiger partial charge on any atom is -0.480 e. The van der Waals surface area contributed by atoms with Crippen molar-refractivity contribution in [2.24, 2.45) is 9.39 Å². The number of hydrogen-bond acceptors (Lipinski definition) is 8. The summed E-state index contributed by atoms with van der Waals surface area (Å²) in [5, 5.41) is 0. The Kier molecular flexibility index (Phi) is 8.55. The largest absolute Gasteiger partial charge is 0.480 e. The number of ether oxygens (including phenoxy) is 2. The van der Waals surface area contributed by atoms with E-state index in [4.69, 9.17) is 9.47 Å². The van der Waals surface area contributed by atoms with Crippen LogP contribution in [-0.4, -0.2) is 24.0 Å². The standard InChI is InChI=1S/C24H25FN4O2S2/c1-16-11-19-15-31-24(3,4)20(19)12-18(16)8-9-21-22(7-6-10-26-21)32-27-14-23(30-5)29-17(2)13-28-33-25/h6-7,10-14,27H,15H2,1-5H3/b23-14-,28-13-,29-17-. The maximum absolute atomic E-state index is 12.1. The second kappa shape index (κ2) is 11.4. The van der Waals surface area contributed by atoms with Crippen molar-refractivity contribution in [1.82, 2.24) is 9.71 Å². The zero-order valence-corrected chi connectivity index (χ0v) is 20.7. The number of methoxy groups -OCH3 is 1. The number of aryl methyl sites for hydroxylation is 1. The van der Waals surface area contributed by atoms with E-state index in [9.17, 15) is 3.89 Å². The van der Waals surface area contributed by atoms with E-state index in [1.807, 2.05) is 12.1 Å². The Morgan fingerprint density at radius 2 is 2.18 bits per heavy atom. The molecule has 2 aromatic rings. The molecule has 0 unspecified atom stereocenters. The van der Waals surface area contributed by atoms with Crippen LogP contribution in [0.5, 0.6) is 0 Å². The normalized spacial score (nSPS) is 15.2. The van der Waals surface area contributed by atoms with Gasteiger partial charge in [0.2, 0.25) is 5.88 Å². The van der Waals surface area contributed by atoms with Crippen LogP contribution in [0.2, 0.25) is 0 Å². The van der Waals surface area contributed by atoms with E-state index in [1.54, 1.807) is 19.3 Å². The molecule has 0 bridgehead atoms. The van der Waals surface area contributed by atoms with Crippen molar-refractivity contribution in [2.45, 2.75) is 44.8 Å². The molecule has 6 nitrogen and oxygen atoms in total. The van der Waals surface area contributed by atoms with Crippen molar-refractivity contribution in [2.75, 3.05) is 7.11 Å². The predicted molar refractivity (Wildman–Crippen MR) is 134 cm³/mol. The Hall–Kier alpha value is -2.80. The van der Waals surface area contributed by atoms with E-state index in [0.29, 0.717) is 23.9 Å². The average Bonchev–Trinajstić information content (AvgIpc) is 3.09. The van der Waals surface area contributed by atoms with Gasteiger partial charge in [-0.15, -0.1) is 3.89 Å². The van der Waals surface area contributed by atoms with Crippen LogP contribution in [0, 0.1) is 18.8 Å². The first-order valence-electron chi connectivity index (χ1n) is 10.1. The molecule has 0 fully saturated rings. The lowest BCUT2D eigenvalue weighted by molar-refractivity contribution is -0.00790. The summed E-state index contributed by atoms with van der Waals surface area (Å²) in [6.07, 6.45) is 4.63. The highest BCUT2D eigenvalue weighted by atomic mass is 32.2. The zero-order valence-electron chi connectivity index (χ0n) is 19.1. The third kappa shape index (κ3) is 6.60. The topological polar surface area (TPSA) is 68.1 Å². The van der Waals surface area contributed by atoms with Crippen molar-refractivity contribution >= 4 is 36.2 Å². The monoisotopic (exact) mass is 484 g/mol. The summed E-state index contributed by atoms with van der Waals surface area (Å²) in [4.78, 5) is 9.50. The summed E-state index contributed by atoms with van der Waals surface area (Å²) in [7, 11) is 1.50. The molecule has 0 spiro atoms. The molecule has 33 heavy (non-hydrogen) atoms. The molecule has 172 valence electrons. The molecule has 3 rings (SSSR count). The van der Waals surface area contributed by atoms with Crippen LogP contribution in [-0.2, 0) is 21.7 Å². The van der Waals surface area contributed by atoms with Crippen LogP contribution in [0.3, 0.4) is 0 Å². The Bertz CT molecular complexity index is 1170. The average molecular weight is 485 g/mol. The van der Waals surface area contributed by atoms with E-state index >= 15 is 0 Å². The first-order valence-corrected chi connectivity index (χ1v) is 11.6. The fourth-order valence-electron chi connectivity index (χ4n) is 3.19. The molecule has 0 saturated heterocycles. The molecule has 1 aliphatic heterocycles. The molecule has 0 saturated carbocycles. The molecule has 2 heterocycles. The number of halogens is 1. The van der Waals surface area contributed by atoms with Gasteiger partial charge < -0.3 is 14.2 Å². The molecule has 0 radical (unpaired) electrons. The lowest BCUT2D eigenvalue weighted by Crippen LogP contribution is -2.14. The second-order valence-corrected chi connectivity index (χ2v) is 8.92. The van der Waals surface area contributed by atoms with E-state index < -0.39 is 0 Å². The Morgan fingerprint density at radius 1 is 1.36 bits per heavy atom. The molecule has 9 heteroatoms. The van der Waals surface area contributed by atoms with Crippen LogP contribution in [0.4, 0.5) is 3.89 Å². The van der Waals surface area contributed by atoms with Crippen molar-refractivity contribution in [3.8, 4) is 11.8 Å². The van der Waals surface area contributed by atoms with Gasteiger partial charge in [-0.3, -0.25) is 0 Å². The molecule has 0 atom stereocenters. The minimum absolute atomic E-state index is 0.127. The first-order chi connectivity index (χ1) is 15.8. The molecule has 1 aromatic heterocycles. The fourth-order valence-corrected chi connectivity index (χ4v) is 4.02. The fraction of sp³-hybridized carbons (Fsp3) is 0.292. The third-order valence-corrected chi connectivity index (χ3v) is 5.87. The molecular formula is C24H25FN4O2S2. The van der Waals surface area contributed by atoms with Crippen LogP contribution in [0.15, 0.2) is 56.8 Å². The van der Waals surface area contributed by atoms with Gasteiger partial charge in [0, 0.05) is 11.8 Å². The maximum atomic E-state index is 12.1. The van der Waals surface area contributed by atoms with E-state index in [-0.39, 0.29) is 17.9 Å². The van der Waals surface area contributed by atoms with Gasteiger partial charge in [0.15, 0.2) is 12.3 Å². The van der Waals surface area contributed by atoms with Gasteiger partial charge >= 0.3 is 0 Å². The van der Waals surface area contributed by atoms with Gasteiger partial charge in [0.05, 0.1) is 42.3 Å². The quantitative estimate of drug-likeness (QED) is 0.237. The van der Waals surface area contributed by atoms with Crippen LogP contribution < -0.4 is 4.72 Å². The second-order valence-electron chi connectivity index (χ2n) is 7.69. The molecule has 1 N–H and O–H groups in total. The summed E-state index contributed by atoms with van der Waals surface area (Å²) in [6.45, 7) is 8.53. The van der Waals surface area contributed by atoms with E-state index in [1.165, 1.54) is 36.4 Å². The molecule has 1 aromatic carbocycles. The molecule has 1 aliphatic rings. The van der Waals surface area contributed by atoms with Gasteiger partial charge in [-0.1, -0.05) is 12.0 Å². The number of rotatable bonds is 7. The third-order valence-electron chi connectivity index (χ3n) is 4.90. The van der Waals surface area contributed by atoms with Crippen molar-refractivity contribution in [3.63, 3.8) is 0 Å². The Balaban J connectivity index is 1.78. The number of nitrogens with zero attached hydrogens (tertiary/aromatic N) is 3. The van der Waals surface area contributed by atoms with Crippen molar-refractivity contribution in [3.05, 3.63) is 70.5 Å². The number of pyridine rings is 1. The summed E-state index contributed by atoms with van der Waals surface area (Å²) in [5.41, 5.74) is 5.32. The van der Waals surface area contributed by atoms with Crippen molar-refractivity contribution < 1.29 is 13.4 Å². The van der Waals surface area contributed by atoms with Crippen molar-refractivity contribution in [1.29, 1.82) is 0 Å². The predicted octanol–water partition coefficient (Wildman–Crippen LogP) is 5.66. The minimum atomic E-state index is -0.307.